The van der Waals surface area contributed by atoms with Crippen LogP contribution in [0.5, 0.6) is 0 Å². The molecule has 0 radical (unpaired) electrons. The van der Waals surface area contributed by atoms with Crippen LogP contribution in [0.15, 0.2) is 127 Å². The molecule has 8 heteroatoms. The Hall–Kier alpha value is -4.00. The summed E-state index contributed by atoms with van der Waals surface area (Å²) >= 11 is 13.3. The van der Waals surface area contributed by atoms with Crippen LogP contribution in [0, 0.1) is 21.7 Å². The SMILES string of the molecule is CC(C)(C)C1=CC(=C/N=N/c2ccc(-c3ccc(/N=N/C=C4C=C(C(C)(C)C)C(=O)C(C(C)(C)C)=C4)c(Cl)c3)cc2Cl)C=C(C(C)(C)C)C1=O. The van der Waals surface area contributed by atoms with Crippen LogP contribution in [0.1, 0.15) is 83.1 Å². The molecule has 2 aromatic rings. The molecule has 2 aromatic carbocycles. The average Bonchev–Trinajstić information content (AvgIpc) is 2.97. The number of ketones is 2. The van der Waals surface area contributed by atoms with Crippen molar-refractivity contribution in [3.63, 3.8) is 0 Å². The van der Waals surface area contributed by atoms with E-state index >= 15 is 0 Å². The molecule has 6 nitrogen and oxygen atoms in total. The lowest BCUT2D eigenvalue weighted by Gasteiger charge is -2.31. The van der Waals surface area contributed by atoms with Gasteiger partial charge in [-0.25, -0.2) is 0 Å². The van der Waals surface area contributed by atoms with Crippen LogP contribution in [0.2, 0.25) is 10.0 Å². The molecule has 2 aliphatic carbocycles. The molecule has 0 unspecified atom stereocenters. The summed E-state index contributed by atoms with van der Waals surface area (Å²) in [6.07, 6.45) is 10.9. The second-order valence-corrected chi connectivity index (χ2v) is 17.7. The fraction of sp³-hybridized carbons (Fsp3) is 0.381. The Kier molecular flexibility index (Phi) is 11.1. The molecule has 0 spiro atoms. The average molecular weight is 712 g/mol. The van der Waals surface area contributed by atoms with Crippen molar-refractivity contribution in [1.29, 1.82) is 0 Å². The van der Waals surface area contributed by atoms with Crippen LogP contribution >= 0.6 is 23.2 Å². The highest BCUT2D eigenvalue weighted by Gasteiger charge is 2.35. The normalized spacial score (nSPS) is 16.5. The van der Waals surface area contributed by atoms with Crippen LogP contribution < -0.4 is 0 Å². The second kappa shape index (κ2) is 14.3. The fourth-order valence-electron chi connectivity index (χ4n) is 5.53. The first kappa shape index (κ1) is 38.8. The van der Waals surface area contributed by atoms with Crippen LogP contribution in [0.4, 0.5) is 11.4 Å². The number of benzene rings is 2. The Morgan fingerprint density at radius 1 is 0.480 bits per heavy atom. The molecule has 2 aliphatic rings. The summed E-state index contributed by atoms with van der Waals surface area (Å²) in [5.74, 6) is 0.146. The number of allylic oxidation sites excluding steroid dienone is 10. The van der Waals surface area contributed by atoms with Crippen LogP contribution in [-0.2, 0) is 9.59 Å². The second-order valence-electron chi connectivity index (χ2n) is 16.9. The summed E-state index contributed by atoms with van der Waals surface area (Å²) < 4.78 is 0. The Morgan fingerprint density at radius 3 is 1.00 bits per heavy atom. The maximum absolute atomic E-state index is 13.2. The van der Waals surface area contributed by atoms with Gasteiger partial charge in [0.05, 0.1) is 22.4 Å². The number of hydrogen-bond donors (Lipinski definition) is 0. The van der Waals surface area contributed by atoms with Gasteiger partial charge in [0.25, 0.3) is 0 Å². The van der Waals surface area contributed by atoms with Gasteiger partial charge in [0.2, 0.25) is 0 Å². The maximum Gasteiger partial charge on any atom is 0.186 e. The van der Waals surface area contributed by atoms with Gasteiger partial charge >= 0.3 is 0 Å². The van der Waals surface area contributed by atoms with Gasteiger partial charge in [0, 0.05) is 22.3 Å². The first-order chi connectivity index (χ1) is 23.0. The van der Waals surface area contributed by atoms with Gasteiger partial charge in [-0.15, -0.1) is 10.2 Å². The van der Waals surface area contributed by atoms with Crippen LogP contribution in [0.3, 0.4) is 0 Å². The van der Waals surface area contributed by atoms with Crippen LogP contribution in [0.25, 0.3) is 11.1 Å². The van der Waals surface area contributed by atoms with E-state index in [1.54, 1.807) is 24.5 Å². The van der Waals surface area contributed by atoms with E-state index in [1.807, 2.05) is 132 Å². The van der Waals surface area contributed by atoms with Gasteiger partial charge in [-0.05, 0) is 92.5 Å². The van der Waals surface area contributed by atoms with E-state index < -0.39 is 0 Å². The van der Waals surface area contributed by atoms with E-state index in [2.05, 4.69) is 20.5 Å². The van der Waals surface area contributed by atoms with Gasteiger partial charge in [0.1, 0.15) is 11.4 Å². The number of Topliss-reactive ketones (excluding diaryl/α,β-unsaturated/α-hetero) is 2. The molecule has 0 saturated heterocycles. The summed E-state index contributed by atoms with van der Waals surface area (Å²) in [5, 5.41) is 18.2. The highest BCUT2D eigenvalue weighted by Crippen LogP contribution is 2.41. The minimum atomic E-state index is -0.307. The van der Waals surface area contributed by atoms with E-state index in [-0.39, 0.29) is 33.2 Å². The molecule has 50 heavy (non-hydrogen) atoms. The third-order valence-corrected chi connectivity index (χ3v) is 9.03. The summed E-state index contributed by atoms with van der Waals surface area (Å²) in [4.78, 5) is 26.4. The smallest absolute Gasteiger partial charge is 0.186 e. The minimum absolute atomic E-state index is 0.0729. The van der Waals surface area contributed by atoms with Gasteiger partial charge in [-0.3, -0.25) is 9.59 Å². The third kappa shape index (κ3) is 9.21. The van der Waals surface area contributed by atoms with Crippen molar-refractivity contribution in [2.24, 2.45) is 42.1 Å². The molecule has 0 amide bonds. The fourth-order valence-corrected chi connectivity index (χ4v) is 5.97. The zero-order valence-corrected chi connectivity index (χ0v) is 32.8. The number of halogens is 2. The summed E-state index contributed by atoms with van der Waals surface area (Å²) in [6, 6.07) is 11.1. The summed E-state index contributed by atoms with van der Waals surface area (Å²) in [6.45, 7) is 24.4. The molecule has 0 heterocycles. The Balaban J connectivity index is 1.55. The van der Waals surface area contributed by atoms with Crippen molar-refractivity contribution in [3.05, 3.63) is 117 Å². The third-order valence-electron chi connectivity index (χ3n) is 8.43. The topological polar surface area (TPSA) is 83.6 Å². The van der Waals surface area contributed by atoms with Crippen molar-refractivity contribution in [1.82, 2.24) is 0 Å². The molecule has 0 N–H and O–H groups in total. The first-order valence-electron chi connectivity index (χ1n) is 16.8. The molecule has 4 rings (SSSR count). The molecule has 0 saturated carbocycles. The predicted octanol–water partition coefficient (Wildman–Crippen LogP) is 13.7. The summed E-state index contributed by atoms with van der Waals surface area (Å²) in [5.41, 5.74) is 6.12. The zero-order chi connectivity index (χ0) is 37.4. The minimum Gasteiger partial charge on any atom is -0.289 e. The molecule has 0 aliphatic heterocycles. The molecule has 0 atom stereocenters. The predicted molar refractivity (Wildman–Crippen MR) is 207 cm³/mol. The maximum atomic E-state index is 13.2. The van der Waals surface area contributed by atoms with Crippen molar-refractivity contribution < 1.29 is 9.59 Å². The Labute approximate surface area is 307 Å². The highest BCUT2D eigenvalue weighted by atomic mass is 35.5. The van der Waals surface area contributed by atoms with E-state index in [9.17, 15) is 9.59 Å². The van der Waals surface area contributed by atoms with E-state index in [0.29, 0.717) is 21.4 Å². The van der Waals surface area contributed by atoms with Crippen molar-refractivity contribution in [2.45, 2.75) is 83.1 Å². The molecule has 0 aromatic heterocycles. The number of rotatable bonds is 5. The number of carbonyl (C=O) groups excluding carboxylic acids is 2. The molecule has 0 fully saturated rings. The quantitative estimate of drug-likeness (QED) is 0.289. The lowest BCUT2D eigenvalue weighted by atomic mass is 9.72. The van der Waals surface area contributed by atoms with Crippen molar-refractivity contribution in [2.75, 3.05) is 0 Å². The van der Waals surface area contributed by atoms with Crippen molar-refractivity contribution >= 4 is 46.1 Å². The van der Waals surface area contributed by atoms with Crippen molar-refractivity contribution in [3.8, 4) is 11.1 Å². The van der Waals surface area contributed by atoms with Crippen LogP contribution in [-0.4, -0.2) is 11.6 Å². The number of carbonyl (C=O) groups is 2. The largest absolute Gasteiger partial charge is 0.289 e. The highest BCUT2D eigenvalue weighted by molar-refractivity contribution is 6.34. The van der Waals surface area contributed by atoms with Gasteiger partial charge in [-0.1, -0.05) is 118 Å². The molecular weight excluding hydrogens is 663 g/mol. The van der Waals surface area contributed by atoms with Gasteiger partial charge in [-0.2, -0.15) is 10.2 Å². The molecular formula is C42H48Cl2N4O2. The molecule has 262 valence electrons. The monoisotopic (exact) mass is 710 g/mol. The Bertz CT molecular complexity index is 1760. The molecule has 0 bridgehead atoms. The number of azo groups is 2. The zero-order valence-electron chi connectivity index (χ0n) is 31.3. The summed E-state index contributed by atoms with van der Waals surface area (Å²) in [7, 11) is 0. The lowest BCUT2D eigenvalue weighted by molar-refractivity contribution is -0.114. The van der Waals surface area contributed by atoms with E-state index in [0.717, 1.165) is 44.6 Å². The van der Waals surface area contributed by atoms with E-state index in [4.69, 9.17) is 23.2 Å². The number of hydrogen-bond acceptors (Lipinski definition) is 6. The van der Waals surface area contributed by atoms with E-state index in [1.165, 1.54) is 0 Å². The number of nitrogens with zero attached hydrogens (tertiary/aromatic N) is 4. The Morgan fingerprint density at radius 2 is 0.760 bits per heavy atom. The first-order valence-corrected chi connectivity index (χ1v) is 17.5. The van der Waals surface area contributed by atoms with Gasteiger partial charge < -0.3 is 0 Å². The van der Waals surface area contributed by atoms with Gasteiger partial charge in [0.15, 0.2) is 11.6 Å². The lowest BCUT2D eigenvalue weighted by Crippen LogP contribution is -2.27. The standard InChI is InChI=1S/C42H48Cl2N4O2/c1-39(2,3)29-17-25(18-30(37(29)49)40(4,5)6)23-45-47-35-15-13-27(21-33(35)43)28-14-16-36(34(44)22-28)48-46-24-26-19-31(41(7,8)9)38(50)32(20-26)42(10,11)12/h13-24H,1-12H3/b47-45+,48-46+.